The highest BCUT2D eigenvalue weighted by atomic mass is 32.2. The number of pyridine rings is 1. The molecule has 9 aromatic rings. The second kappa shape index (κ2) is 23.6. The molecule has 0 saturated heterocycles. The van der Waals surface area contributed by atoms with Crippen LogP contribution in [-0.4, -0.2) is 41.5 Å². The van der Waals surface area contributed by atoms with Gasteiger partial charge in [0.1, 0.15) is 46.4 Å². The molecule has 1 heterocycles. The van der Waals surface area contributed by atoms with Gasteiger partial charge in [-0.2, -0.15) is 36.9 Å². The van der Waals surface area contributed by atoms with Crippen LogP contribution in [0.25, 0.3) is 22.3 Å². The monoisotopic (exact) mass is 1100 g/mol. The first-order chi connectivity index (χ1) is 38.2. The molecule has 0 radical (unpaired) electrons. The van der Waals surface area contributed by atoms with Crippen molar-refractivity contribution in [3.8, 4) is 69.0 Å². The maximum atomic E-state index is 15.2. The molecule has 0 amide bonds. The average Bonchev–Trinajstić information content (AvgIpc) is 3.44. The highest BCUT2D eigenvalue weighted by Crippen LogP contribution is 2.56. The number of carbonyl (C=O) groups excluding carboxylic acids is 2. The third-order valence-electron chi connectivity index (χ3n) is 12.7. The second-order valence-electron chi connectivity index (χ2n) is 17.7. The number of aromatic nitrogens is 1. The number of halogens is 6. The summed E-state index contributed by atoms with van der Waals surface area (Å²) in [6.07, 6.45) is -10.3. The number of benzene rings is 8. The van der Waals surface area contributed by atoms with E-state index in [1.165, 1.54) is 18.2 Å². The molecule has 0 N–H and O–H groups in total. The fraction of sp³-hybridized carbons (Fsp3) is 0.0806. The van der Waals surface area contributed by atoms with Crippen molar-refractivity contribution in [2.24, 2.45) is 0 Å². The van der Waals surface area contributed by atoms with Crippen molar-refractivity contribution in [2.75, 3.05) is 0 Å². The summed E-state index contributed by atoms with van der Waals surface area (Å²) >= 11 is 0. The molecule has 0 aliphatic carbocycles. The maximum Gasteiger partial charge on any atom is 0.425 e. The first-order valence-corrected chi connectivity index (χ1v) is 24.8. The summed E-state index contributed by atoms with van der Waals surface area (Å²) in [5, 5.41) is 20.3. The molecule has 0 aliphatic heterocycles. The van der Waals surface area contributed by atoms with E-state index in [0.717, 1.165) is 29.8 Å². The standard InChI is InChI=1S/C62H39F6N3O5.O3S/c1-38-17-31-48(51(34-38)58(72)40-11-4-3-5-12-40)42-20-32-50(52(35-42)59(73)41-18-25-47(26-19-41)76-57-16-6-7-33-71-57)49-13-9-15-56(54(49)37-70)75-46-29-23-44(24-30-46)60(61(63,64)65,62(66,67)68)43-21-27-45(28-22-43)74-55-14-8-10-39(2)53(55)36-69;1-4(2)3/h3-35H,1-2H3;. The van der Waals surface area contributed by atoms with E-state index in [2.05, 4.69) is 11.1 Å². The van der Waals surface area contributed by atoms with Crippen molar-refractivity contribution < 1.29 is 62.8 Å². The Hall–Kier alpha value is -10.2. The normalized spacial score (nSPS) is 11.2. The van der Waals surface area contributed by atoms with E-state index in [1.54, 1.807) is 134 Å². The second-order valence-corrected chi connectivity index (χ2v) is 18.1. The van der Waals surface area contributed by atoms with Crippen LogP contribution in [0.4, 0.5) is 26.3 Å². The molecule has 80 heavy (non-hydrogen) atoms. The Bertz CT molecular complexity index is 3960. The van der Waals surface area contributed by atoms with Crippen molar-refractivity contribution >= 4 is 22.2 Å². The van der Waals surface area contributed by atoms with Crippen LogP contribution < -0.4 is 14.2 Å². The summed E-state index contributed by atoms with van der Waals surface area (Å²) in [5.74, 6) is -0.361. The van der Waals surface area contributed by atoms with E-state index >= 15 is 26.3 Å². The van der Waals surface area contributed by atoms with Gasteiger partial charge in [-0.3, -0.25) is 9.59 Å². The number of ketones is 2. The Labute approximate surface area is 455 Å². The number of nitrogens with zero attached hydrogens (tertiary/aromatic N) is 3. The van der Waals surface area contributed by atoms with Gasteiger partial charge in [-0.1, -0.05) is 115 Å². The van der Waals surface area contributed by atoms with Crippen LogP contribution >= 0.6 is 0 Å². The topological polar surface area (TPSA) is 174 Å². The van der Waals surface area contributed by atoms with Crippen LogP contribution in [0.5, 0.6) is 34.6 Å². The Morgan fingerprint density at radius 1 is 0.487 bits per heavy atom. The maximum absolute atomic E-state index is 15.2. The zero-order chi connectivity index (χ0) is 57.4. The van der Waals surface area contributed by atoms with Gasteiger partial charge in [-0.15, -0.1) is 12.6 Å². The summed E-state index contributed by atoms with van der Waals surface area (Å²) in [6.45, 7) is 3.50. The molecule has 11 nitrogen and oxygen atoms in total. The number of hydrogen-bond donors (Lipinski definition) is 0. The predicted molar refractivity (Wildman–Crippen MR) is 282 cm³/mol. The van der Waals surface area contributed by atoms with E-state index < -0.39 is 45.3 Å². The van der Waals surface area contributed by atoms with Gasteiger partial charge in [0.25, 0.3) is 0 Å². The molecule has 0 unspecified atom stereocenters. The van der Waals surface area contributed by atoms with Crippen LogP contribution in [0.15, 0.2) is 200 Å². The van der Waals surface area contributed by atoms with Crippen molar-refractivity contribution in [2.45, 2.75) is 31.6 Å². The lowest BCUT2D eigenvalue weighted by Crippen LogP contribution is -2.54. The lowest BCUT2D eigenvalue weighted by Gasteiger charge is -2.38. The zero-order valence-electron chi connectivity index (χ0n) is 41.8. The minimum absolute atomic E-state index is 0.0699. The number of rotatable bonds is 14. The number of nitriles is 2. The highest BCUT2D eigenvalue weighted by Gasteiger charge is 2.72. The molecule has 0 fully saturated rings. The third kappa shape index (κ3) is 11.9. The van der Waals surface area contributed by atoms with Crippen LogP contribution in [0, 0.1) is 36.5 Å². The highest BCUT2D eigenvalue weighted by molar-refractivity contribution is 7.59. The minimum atomic E-state index is -5.92. The summed E-state index contributed by atoms with van der Waals surface area (Å²) in [4.78, 5) is 33.0. The molecule has 0 atom stereocenters. The summed E-state index contributed by atoms with van der Waals surface area (Å²) in [6, 6.07) is 50.3. The Morgan fingerprint density at radius 3 is 1.51 bits per heavy atom. The first-order valence-electron chi connectivity index (χ1n) is 23.8. The fourth-order valence-corrected chi connectivity index (χ4v) is 8.94. The van der Waals surface area contributed by atoms with E-state index in [0.29, 0.717) is 63.7 Å². The number of hydrogen-bond acceptors (Lipinski definition) is 11. The van der Waals surface area contributed by atoms with Gasteiger partial charge in [0.2, 0.25) is 11.3 Å². The fourth-order valence-electron chi connectivity index (χ4n) is 8.94. The number of carbonyl (C=O) groups is 2. The third-order valence-corrected chi connectivity index (χ3v) is 12.7. The van der Waals surface area contributed by atoms with E-state index in [4.69, 9.17) is 26.8 Å². The molecular weight excluding hydrogens is 1060 g/mol. The van der Waals surface area contributed by atoms with Gasteiger partial charge in [0, 0.05) is 40.1 Å². The zero-order valence-corrected chi connectivity index (χ0v) is 42.7. The van der Waals surface area contributed by atoms with Crippen LogP contribution in [0.1, 0.15) is 65.2 Å². The Morgan fingerprint density at radius 2 is 0.975 bits per heavy atom. The molecule has 0 bridgehead atoms. The quantitative estimate of drug-likeness (QED) is 0.0749. The Balaban J connectivity index is 0.00000203. The van der Waals surface area contributed by atoms with Crippen molar-refractivity contribution in [1.29, 1.82) is 10.5 Å². The molecule has 8 aromatic carbocycles. The summed E-state index contributed by atoms with van der Waals surface area (Å²) < 4.78 is 134. The van der Waals surface area contributed by atoms with Gasteiger partial charge in [0.05, 0.1) is 5.56 Å². The molecule has 0 saturated carbocycles. The van der Waals surface area contributed by atoms with Gasteiger partial charge < -0.3 is 14.2 Å². The first kappa shape index (κ1) is 56.0. The molecule has 398 valence electrons. The Kier molecular flexibility index (Phi) is 16.5. The van der Waals surface area contributed by atoms with E-state index in [1.807, 2.05) is 19.1 Å². The van der Waals surface area contributed by atoms with Gasteiger partial charge in [-0.25, -0.2) is 4.98 Å². The van der Waals surface area contributed by atoms with Crippen LogP contribution in [0.3, 0.4) is 0 Å². The van der Waals surface area contributed by atoms with E-state index in [-0.39, 0.29) is 62.2 Å². The van der Waals surface area contributed by atoms with Crippen LogP contribution in [0.2, 0.25) is 0 Å². The SMILES string of the molecule is Cc1ccc(-c2ccc(-c3cccc(Oc4ccc(C(c5ccc(Oc6cccc(C)c6C#N)cc5)(C(F)(F)F)C(F)(F)F)cc4)c3C#N)c(C(=O)c3ccc(Oc4ccccn4)cc3)c2)c(C(=O)c2ccccc2)c1.O=S(=O)=O. The summed E-state index contributed by atoms with van der Waals surface area (Å²) in [5.41, 5.74) is -2.75. The largest absolute Gasteiger partial charge is 0.456 e. The lowest BCUT2D eigenvalue weighted by molar-refractivity contribution is -0.288. The van der Waals surface area contributed by atoms with Gasteiger partial charge in [-0.05, 0) is 126 Å². The number of aryl methyl sites for hydroxylation is 2. The molecule has 0 aliphatic rings. The minimum Gasteiger partial charge on any atom is -0.456 e. The van der Waals surface area contributed by atoms with Crippen molar-refractivity contribution in [3.63, 3.8) is 0 Å². The number of ether oxygens (including phenoxy) is 3. The van der Waals surface area contributed by atoms with E-state index in [9.17, 15) is 20.1 Å². The molecule has 0 spiro atoms. The van der Waals surface area contributed by atoms with Gasteiger partial charge in [0.15, 0.2) is 11.6 Å². The summed E-state index contributed by atoms with van der Waals surface area (Å²) in [7, 11) is -3.11. The smallest absolute Gasteiger partial charge is 0.425 e. The van der Waals surface area contributed by atoms with Crippen molar-refractivity contribution in [3.05, 3.63) is 256 Å². The predicted octanol–water partition coefficient (Wildman–Crippen LogP) is 15.0. The lowest BCUT2D eigenvalue weighted by atomic mass is 9.73. The van der Waals surface area contributed by atoms with Crippen LogP contribution in [-0.2, 0) is 16.0 Å². The number of alkyl halides is 6. The molecule has 1 aromatic heterocycles. The van der Waals surface area contributed by atoms with Gasteiger partial charge >= 0.3 is 23.0 Å². The average molecular weight is 1100 g/mol. The molecule has 9 rings (SSSR count). The molecule has 18 heteroatoms. The molecular formula is C62H39F6N3O8S. The van der Waals surface area contributed by atoms with Crippen molar-refractivity contribution in [1.82, 2.24) is 4.98 Å².